The van der Waals surface area contributed by atoms with Crippen molar-refractivity contribution in [3.8, 4) is 0 Å². The van der Waals surface area contributed by atoms with Crippen LogP contribution in [0.2, 0.25) is 0 Å². The molecule has 0 N–H and O–H groups in total. The first kappa shape index (κ1) is 18.1. The summed E-state index contributed by atoms with van der Waals surface area (Å²) >= 11 is 0. The molecule has 6 heteroatoms. The Morgan fingerprint density at radius 2 is 1.61 bits per heavy atom. The van der Waals surface area contributed by atoms with Crippen LogP contribution in [0.1, 0.15) is 32.1 Å². The third kappa shape index (κ3) is 2.69. The van der Waals surface area contributed by atoms with Crippen LogP contribution >= 0.6 is 0 Å². The SMILES string of the molecule is CN(C)c1cccc2c(S(=O)(=O)OC34CC5C[C@H](C3)C(=O)[C@@H](C5)C4)cccc12. The zero-order valence-electron chi connectivity index (χ0n) is 16.2. The van der Waals surface area contributed by atoms with E-state index in [0.717, 1.165) is 30.3 Å². The van der Waals surface area contributed by atoms with Crippen LogP contribution in [0.3, 0.4) is 0 Å². The Balaban J connectivity index is 1.55. The minimum Gasteiger partial charge on any atom is -0.377 e. The minimum atomic E-state index is -3.94. The molecule has 0 heterocycles. The molecule has 5 nitrogen and oxygen atoms in total. The summed E-state index contributed by atoms with van der Waals surface area (Å²) < 4.78 is 32.7. The van der Waals surface area contributed by atoms with Gasteiger partial charge in [0.1, 0.15) is 10.7 Å². The van der Waals surface area contributed by atoms with Gasteiger partial charge in [0.15, 0.2) is 0 Å². The van der Waals surface area contributed by atoms with Gasteiger partial charge in [-0.15, -0.1) is 0 Å². The molecule has 2 aromatic rings. The number of carbonyl (C=O) groups is 1. The number of hydrogen-bond donors (Lipinski definition) is 0. The van der Waals surface area contributed by atoms with Crippen molar-refractivity contribution in [1.82, 2.24) is 0 Å². The first-order valence-electron chi connectivity index (χ1n) is 9.96. The van der Waals surface area contributed by atoms with Crippen LogP contribution in [0, 0.1) is 17.8 Å². The Bertz CT molecular complexity index is 1060. The monoisotopic (exact) mass is 399 g/mol. The van der Waals surface area contributed by atoms with E-state index >= 15 is 0 Å². The lowest BCUT2D eigenvalue weighted by atomic mass is 9.54. The highest BCUT2D eigenvalue weighted by Gasteiger charge is 2.57. The summed E-state index contributed by atoms with van der Waals surface area (Å²) in [6.07, 6.45) is 3.65. The Kier molecular flexibility index (Phi) is 3.91. The zero-order chi connectivity index (χ0) is 19.7. The summed E-state index contributed by atoms with van der Waals surface area (Å²) in [5.41, 5.74) is 0.264. The first-order chi connectivity index (χ1) is 13.3. The molecular formula is C22H25NO4S. The second kappa shape index (κ2) is 6.04. The Labute approximate surface area is 165 Å². The fraction of sp³-hybridized carbons (Fsp3) is 0.500. The summed E-state index contributed by atoms with van der Waals surface area (Å²) in [4.78, 5) is 14.6. The second-order valence-corrected chi connectivity index (χ2v) is 10.5. The first-order valence-corrected chi connectivity index (χ1v) is 11.4. The van der Waals surface area contributed by atoms with E-state index in [9.17, 15) is 13.2 Å². The highest BCUT2D eigenvalue weighted by atomic mass is 32.2. The minimum absolute atomic E-state index is 0.0192. The number of anilines is 1. The number of ketones is 1. The molecule has 4 aliphatic rings. The van der Waals surface area contributed by atoms with Gasteiger partial charge in [0, 0.05) is 42.4 Å². The number of carbonyl (C=O) groups excluding carboxylic acids is 1. The molecule has 0 amide bonds. The van der Waals surface area contributed by atoms with Gasteiger partial charge in [-0.05, 0) is 50.2 Å². The summed E-state index contributed by atoms with van der Waals surface area (Å²) in [6.45, 7) is 0. The van der Waals surface area contributed by atoms with Crippen molar-refractivity contribution in [1.29, 1.82) is 0 Å². The maximum Gasteiger partial charge on any atom is 0.298 e. The van der Waals surface area contributed by atoms with Crippen molar-refractivity contribution in [2.45, 2.75) is 42.6 Å². The van der Waals surface area contributed by atoms with Gasteiger partial charge in [0.2, 0.25) is 0 Å². The maximum atomic E-state index is 13.4. The van der Waals surface area contributed by atoms with Crippen LogP contribution in [-0.4, -0.2) is 33.9 Å². The topological polar surface area (TPSA) is 63.7 Å². The highest BCUT2D eigenvalue weighted by molar-refractivity contribution is 7.87. The zero-order valence-corrected chi connectivity index (χ0v) is 17.0. The quantitative estimate of drug-likeness (QED) is 0.733. The number of rotatable bonds is 4. The Morgan fingerprint density at radius 1 is 0.964 bits per heavy atom. The van der Waals surface area contributed by atoms with E-state index < -0.39 is 15.7 Å². The molecule has 0 aromatic heterocycles. The second-order valence-electron chi connectivity index (χ2n) is 8.99. The summed E-state index contributed by atoms with van der Waals surface area (Å²) in [5, 5.41) is 1.56. The van der Waals surface area contributed by atoms with Crippen molar-refractivity contribution >= 4 is 32.4 Å². The molecule has 4 atom stereocenters. The van der Waals surface area contributed by atoms with Crippen LogP contribution in [0.15, 0.2) is 41.3 Å². The molecule has 28 heavy (non-hydrogen) atoms. The molecule has 4 saturated carbocycles. The highest BCUT2D eigenvalue weighted by Crippen LogP contribution is 2.56. The van der Waals surface area contributed by atoms with E-state index in [1.165, 1.54) is 0 Å². The standard InChI is InChI=1S/C22H25NO4S/c1-23(2)19-7-3-6-18-17(19)5-4-8-20(18)28(25,26)27-22-11-14-9-15(12-22)21(24)16(10-14)13-22/h3-8,14-16H,9-13H2,1-2H3/t14?,15-,16+,22?. The van der Waals surface area contributed by atoms with Gasteiger partial charge in [0.05, 0.1) is 5.60 Å². The summed E-state index contributed by atoms with van der Waals surface area (Å²) in [7, 11) is -0.0525. The van der Waals surface area contributed by atoms with E-state index in [1.807, 2.05) is 43.3 Å². The Hall–Kier alpha value is -1.92. The van der Waals surface area contributed by atoms with Gasteiger partial charge < -0.3 is 4.90 Å². The fourth-order valence-corrected chi connectivity index (χ4v) is 7.38. The number of hydrogen-bond acceptors (Lipinski definition) is 5. The lowest BCUT2D eigenvalue weighted by Gasteiger charge is -2.54. The van der Waals surface area contributed by atoms with Crippen LogP contribution in [0.25, 0.3) is 10.8 Å². The van der Waals surface area contributed by atoms with Crippen molar-refractivity contribution in [3.63, 3.8) is 0 Å². The van der Waals surface area contributed by atoms with E-state index in [0.29, 0.717) is 29.9 Å². The van der Waals surface area contributed by atoms with Crippen LogP contribution in [0.4, 0.5) is 5.69 Å². The molecule has 0 aliphatic heterocycles. The smallest absolute Gasteiger partial charge is 0.298 e. The molecule has 0 spiro atoms. The average molecular weight is 400 g/mol. The molecule has 4 fully saturated rings. The predicted molar refractivity (Wildman–Crippen MR) is 108 cm³/mol. The molecule has 6 rings (SSSR count). The molecule has 0 radical (unpaired) electrons. The van der Waals surface area contributed by atoms with Gasteiger partial charge in [-0.2, -0.15) is 8.42 Å². The van der Waals surface area contributed by atoms with Gasteiger partial charge in [-0.1, -0.05) is 24.3 Å². The molecule has 0 saturated heterocycles. The van der Waals surface area contributed by atoms with E-state index in [4.69, 9.17) is 4.18 Å². The predicted octanol–water partition coefficient (Wildman–Crippen LogP) is 3.76. The number of nitrogens with zero attached hydrogens (tertiary/aromatic N) is 1. The third-order valence-corrected chi connectivity index (χ3v) is 8.30. The molecule has 4 aliphatic carbocycles. The Morgan fingerprint density at radius 3 is 2.29 bits per heavy atom. The van der Waals surface area contributed by atoms with Crippen molar-refractivity contribution < 1.29 is 17.4 Å². The van der Waals surface area contributed by atoms with Gasteiger partial charge in [-0.3, -0.25) is 8.98 Å². The lowest BCUT2D eigenvalue weighted by Crippen LogP contribution is -2.56. The molecule has 2 unspecified atom stereocenters. The van der Waals surface area contributed by atoms with Crippen molar-refractivity contribution in [2.24, 2.45) is 17.8 Å². The lowest BCUT2D eigenvalue weighted by molar-refractivity contribution is -0.155. The van der Waals surface area contributed by atoms with Crippen LogP contribution in [-0.2, 0) is 19.1 Å². The van der Waals surface area contributed by atoms with Gasteiger partial charge in [-0.25, -0.2) is 0 Å². The number of benzene rings is 2. The van der Waals surface area contributed by atoms with Gasteiger partial charge >= 0.3 is 0 Å². The average Bonchev–Trinajstić information content (AvgIpc) is 2.63. The number of fused-ring (bicyclic) bond motifs is 1. The maximum absolute atomic E-state index is 13.4. The molecular weight excluding hydrogens is 374 g/mol. The fourth-order valence-electron chi connectivity index (χ4n) is 5.93. The molecule has 2 aromatic carbocycles. The van der Waals surface area contributed by atoms with Crippen LogP contribution in [0.5, 0.6) is 0 Å². The number of Topliss-reactive ketones (excluding diaryl/α,β-unsaturated/α-hetero) is 1. The molecule has 148 valence electrons. The van der Waals surface area contributed by atoms with E-state index in [2.05, 4.69) is 0 Å². The summed E-state index contributed by atoms with van der Waals surface area (Å²) in [6, 6.07) is 11.0. The van der Waals surface area contributed by atoms with Crippen LogP contribution < -0.4 is 4.90 Å². The summed E-state index contributed by atoms with van der Waals surface area (Å²) in [5.74, 6) is 0.704. The van der Waals surface area contributed by atoms with Crippen molar-refractivity contribution in [2.75, 3.05) is 19.0 Å². The molecule has 4 bridgehead atoms. The largest absolute Gasteiger partial charge is 0.377 e. The van der Waals surface area contributed by atoms with E-state index in [1.54, 1.807) is 12.1 Å². The third-order valence-electron chi connectivity index (χ3n) is 6.83. The normalized spacial score (nSPS) is 31.5. The van der Waals surface area contributed by atoms with E-state index in [-0.39, 0.29) is 16.7 Å². The van der Waals surface area contributed by atoms with Crippen molar-refractivity contribution in [3.05, 3.63) is 36.4 Å². The van der Waals surface area contributed by atoms with Gasteiger partial charge in [0.25, 0.3) is 10.1 Å².